The lowest BCUT2D eigenvalue weighted by Crippen LogP contribution is -2.20. The lowest BCUT2D eigenvalue weighted by atomic mass is 9.80. The lowest BCUT2D eigenvalue weighted by molar-refractivity contribution is 0.173. The summed E-state index contributed by atoms with van der Waals surface area (Å²) in [5, 5.41) is 0. The van der Waals surface area contributed by atoms with Gasteiger partial charge < -0.3 is 4.74 Å². The smallest absolute Gasteiger partial charge is 0.201 e. The molecule has 2 aromatic rings. The second-order valence-corrected chi connectivity index (χ2v) is 9.15. The highest BCUT2D eigenvalue weighted by Crippen LogP contribution is 2.45. The number of fused-ring (bicyclic) bond motifs is 3. The molecule has 1 saturated carbocycles. The molecule has 0 spiro atoms. The van der Waals surface area contributed by atoms with Crippen LogP contribution in [0.4, 0.5) is 17.6 Å². The van der Waals surface area contributed by atoms with Crippen molar-refractivity contribution in [1.29, 1.82) is 0 Å². The van der Waals surface area contributed by atoms with Crippen LogP contribution in [0.1, 0.15) is 75.5 Å². The van der Waals surface area contributed by atoms with Crippen LogP contribution in [0.15, 0.2) is 12.1 Å². The zero-order valence-corrected chi connectivity index (χ0v) is 18.3. The van der Waals surface area contributed by atoms with E-state index in [1.807, 2.05) is 6.92 Å². The van der Waals surface area contributed by atoms with Gasteiger partial charge in [0.05, 0.1) is 6.61 Å². The SMILES string of the molecule is CCCc1cc2c(c(F)c1F)-c1c(cc(OCC3CCC(CCC)CC3)c(F)c1F)C2. The summed E-state index contributed by atoms with van der Waals surface area (Å²) in [7, 11) is 0. The van der Waals surface area contributed by atoms with Gasteiger partial charge in [0.2, 0.25) is 5.82 Å². The van der Waals surface area contributed by atoms with Crippen LogP contribution < -0.4 is 4.74 Å². The Bertz CT molecular complexity index is 961. The summed E-state index contributed by atoms with van der Waals surface area (Å²) in [5.41, 5.74) is 0.913. The molecule has 0 radical (unpaired) electrons. The third-order valence-electron chi connectivity index (χ3n) is 6.91. The number of halogens is 4. The van der Waals surface area contributed by atoms with Crippen molar-refractivity contribution in [1.82, 2.24) is 0 Å². The van der Waals surface area contributed by atoms with E-state index in [4.69, 9.17) is 4.74 Å². The molecule has 0 saturated heterocycles. The molecule has 1 nitrogen and oxygen atoms in total. The van der Waals surface area contributed by atoms with Crippen LogP contribution in [-0.4, -0.2) is 6.61 Å². The van der Waals surface area contributed by atoms with Gasteiger partial charge in [0, 0.05) is 11.1 Å². The summed E-state index contributed by atoms with van der Waals surface area (Å²) < 4.78 is 64.6. The van der Waals surface area contributed by atoms with Crippen LogP contribution in [0.25, 0.3) is 11.1 Å². The summed E-state index contributed by atoms with van der Waals surface area (Å²) in [6.07, 6.45) is 8.14. The third kappa shape index (κ3) is 4.20. The van der Waals surface area contributed by atoms with E-state index in [2.05, 4.69) is 6.92 Å². The molecule has 0 N–H and O–H groups in total. The molecular formula is C26H30F4O. The van der Waals surface area contributed by atoms with Crippen molar-refractivity contribution in [3.05, 3.63) is 52.1 Å². The van der Waals surface area contributed by atoms with Gasteiger partial charge in [-0.3, -0.25) is 0 Å². The highest BCUT2D eigenvalue weighted by Gasteiger charge is 2.32. The molecule has 1 fully saturated rings. The average Bonchev–Trinajstić information content (AvgIpc) is 3.13. The molecule has 0 heterocycles. The summed E-state index contributed by atoms with van der Waals surface area (Å²) in [6, 6.07) is 3.05. The van der Waals surface area contributed by atoms with Crippen molar-refractivity contribution in [2.75, 3.05) is 6.61 Å². The summed E-state index contributed by atoms with van der Waals surface area (Å²) in [5.74, 6) is -3.36. The fourth-order valence-electron chi connectivity index (χ4n) is 5.27. The van der Waals surface area contributed by atoms with E-state index in [-0.39, 0.29) is 28.9 Å². The summed E-state index contributed by atoms with van der Waals surface area (Å²) in [4.78, 5) is 0. The normalized spacial score (nSPS) is 19.9. The third-order valence-corrected chi connectivity index (χ3v) is 6.91. The first kappa shape index (κ1) is 22.2. The van der Waals surface area contributed by atoms with Crippen LogP contribution in [0.5, 0.6) is 5.75 Å². The van der Waals surface area contributed by atoms with Gasteiger partial charge in [-0.1, -0.05) is 52.0 Å². The Morgan fingerprint density at radius 2 is 1.39 bits per heavy atom. The molecule has 0 bridgehead atoms. The van der Waals surface area contributed by atoms with E-state index in [9.17, 15) is 17.6 Å². The maximum absolute atomic E-state index is 15.0. The van der Waals surface area contributed by atoms with E-state index < -0.39 is 23.3 Å². The first-order valence-electron chi connectivity index (χ1n) is 11.6. The maximum Gasteiger partial charge on any atom is 0.201 e. The average molecular weight is 435 g/mol. The zero-order valence-electron chi connectivity index (χ0n) is 18.3. The number of aryl methyl sites for hydroxylation is 1. The molecule has 2 aliphatic rings. The standard InChI is InChI=1S/C26H30F4O/c1-3-5-15-7-9-16(10-8-15)14-31-20-13-19-12-18-11-17(6-4-2)23(27)25(29)21(18)22(19)26(30)24(20)28/h11,13,15-16H,3-10,12,14H2,1-2H3. The highest BCUT2D eigenvalue weighted by molar-refractivity contribution is 5.79. The Morgan fingerprint density at radius 1 is 0.774 bits per heavy atom. The fourth-order valence-corrected chi connectivity index (χ4v) is 5.27. The summed E-state index contributed by atoms with van der Waals surface area (Å²) in [6.45, 7) is 4.43. The molecule has 0 unspecified atom stereocenters. The molecule has 2 aliphatic carbocycles. The molecular weight excluding hydrogens is 404 g/mol. The minimum atomic E-state index is -1.15. The van der Waals surface area contributed by atoms with E-state index in [0.29, 0.717) is 36.5 Å². The fraction of sp³-hybridized carbons (Fsp3) is 0.538. The van der Waals surface area contributed by atoms with Crippen LogP contribution >= 0.6 is 0 Å². The Labute approximate surface area is 181 Å². The van der Waals surface area contributed by atoms with Gasteiger partial charge in [0.1, 0.15) is 0 Å². The monoisotopic (exact) mass is 434 g/mol. The molecule has 5 heteroatoms. The quantitative estimate of drug-likeness (QED) is 0.345. The van der Waals surface area contributed by atoms with Gasteiger partial charge in [-0.25, -0.2) is 13.2 Å². The molecule has 31 heavy (non-hydrogen) atoms. The number of hydrogen-bond acceptors (Lipinski definition) is 1. The molecule has 0 aromatic heterocycles. The van der Waals surface area contributed by atoms with E-state index in [1.165, 1.54) is 18.9 Å². The molecule has 2 aromatic carbocycles. The van der Waals surface area contributed by atoms with Crippen molar-refractivity contribution in [2.45, 2.75) is 71.6 Å². The second kappa shape index (κ2) is 9.22. The lowest BCUT2D eigenvalue weighted by Gasteiger charge is -2.28. The van der Waals surface area contributed by atoms with Gasteiger partial charge in [0.25, 0.3) is 0 Å². The van der Waals surface area contributed by atoms with Gasteiger partial charge in [-0.2, -0.15) is 4.39 Å². The van der Waals surface area contributed by atoms with E-state index in [1.54, 1.807) is 6.07 Å². The van der Waals surface area contributed by atoms with Gasteiger partial charge in [-0.15, -0.1) is 0 Å². The Kier molecular flexibility index (Phi) is 6.59. The van der Waals surface area contributed by atoms with Crippen LogP contribution in [0.3, 0.4) is 0 Å². The maximum atomic E-state index is 15.0. The van der Waals surface area contributed by atoms with Crippen molar-refractivity contribution in [3.8, 4) is 16.9 Å². The van der Waals surface area contributed by atoms with Gasteiger partial charge in [0.15, 0.2) is 23.2 Å². The van der Waals surface area contributed by atoms with Crippen LogP contribution in [0, 0.1) is 35.1 Å². The number of rotatable bonds is 7. The molecule has 168 valence electrons. The van der Waals surface area contributed by atoms with Crippen molar-refractivity contribution >= 4 is 0 Å². The van der Waals surface area contributed by atoms with Gasteiger partial charge >= 0.3 is 0 Å². The zero-order chi connectivity index (χ0) is 22.1. The Morgan fingerprint density at radius 3 is 2.03 bits per heavy atom. The first-order valence-corrected chi connectivity index (χ1v) is 11.6. The highest BCUT2D eigenvalue weighted by atomic mass is 19.2. The van der Waals surface area contributed by atoms with Crippen molar-refractivity contribution < 1.29 is 22.3 Å². The Balaban J connectivity index is 1.54. The number of hydrogen-bond donors (Lipinski definition) is 0. The van der Waals surface area contributed by atoms with Crippen molar-refractivity contribution in [3.63, 3.8) is 0 Å². The van der Waals surface area contributed by atoms with Crippen molar-refractivity contribution in [2.24, 2.45) is 11.8 Å². The van der Waals surface area contributed by atoms with Crippen LogP contribution in [0.2, 0.25) is 0 Å². The van der Waals surface area contributed by atoms with E-state index in [0.717, 1.165) is 31.6 Å². The molecule has 0 aliphatic heterocycles. The minimum Gasteiger partial charge on any atom is -0.490 e. The predicted molar refractivity (Wildman–Crippen MR) is 114 cm³/mol. The topological polar surface area (TPSA) is 9.23 Å². The largest absolute Gasteiger partial charge is 0.490 e. The predicted octanol–water partition coefficient (Wildman–Crippen LogP) is 7.75. The number of benzene rings is 2. The summed E-state index contributed by atoms with van der Waals surface area (Å²) >= 11 is 0. The van der Waals surface area contributed by atoms with Gasteiger partial charge in [-0.05, 0) is 60.3 Å². The van der Waals surface area contributed by atoms with Crippen LogP contribution in [-0.2, 0) is 12.8 Å². The molecule has 0 amide bonds. The Hall–Kier alpha value is -2.04. The van der Waals surface area contributed by atoms with E-state index >= 15 is 0 Å². The second-order valence-electron chi connectivity index (χ2n) is 9.15. The minimum absolute atomic E-state index is 0.130. The first-order chi connectivity index (χ1) is 14.9. The molecule has 4 rings (SSSR count). The number of ether oxygens (including phenoxy) is 1. The molecule has 0 atom stereocenters.